The van der Waals surface area contributed by atoms with E-state index < -0.39 is 0 Å². The lowest BCUT2D eigenvalue weighted by Gasteiger charge is -2.18. The van der Waals surface area contributed by atoms with Gasteiger partial charge in [-0.1, -0.05) is 30.8 Å². The SMILES string of the molecule is CCCn1c(SCC(=O)N(CC)CC)nc2ccccc2c1=O. The molecule has 0 saturated carbocycles. The molecule has 1 aromatic heterocycles. The van der Waals surface area contributed by atoms with Crippen LogP contribution in [0.4, 0.5) is 0 Å². The Balaban J connectivity index is 2.33. The molecule has 0 aliphatic carbocycles. The van der Waals surface area contributed by atoms with Crippen molar-refractivity contribution in [3.05, 3.63) is 34.6 Å². The van der Waals surface area contributed by atoms with E-state index in [1.54, 1.807) is 15.5 Å². The van der Waals surface area contributed by atoms with Gasteiger partial charge in [0.25, 0.3) is 5.56 Å². The van der Waals surface area contributed by atoms with E-state index in [0.29, 0.717) is 41.4 Å². The number of para-hydroxylation sites is 1. The van der Waals surface area contributed by atoms with Gasteiger partial charge in [-0.05, 0) is 32.4 Å². The number of nitrogens with zero attached hydrogens (tertiary/aromatic N) is 3. The maximum atomic E-state index is 12.6. The molecule has 0 saturated heterocycles. The quantitative estimate of drug-likeness (QED) is 0.577. The van der Waals surface area contributed by atoms with Crippen molar-refractivity contribution in [2.24, 2.45) is 0 Å². The molecular weight excluding hydrogens is 310 g/mol. The zero-order chi connectivity index (χ0) is 16.8. The third kappa shape index (κ3) is 3.93. The summed E-state index contributed by atoms with van der Waals surface area (Å²) in [6.07, 6.45) is 0.845. The van der Waals surface area contributed by atoms with Gasteiger partial charge in [0.2, 0.25) is 5.91 Å². The first-order valence-electron chi connectivity index (χ1n) is 8.02. The number of carbonyl (C=O) groups is 1. The smallest absolute Gasteiger partial charge is 0.262 e. The number of fused-ring (bicyclic) bond motifs is 1. The minimum absolute atomic E-state index is 0.0322. The van der Waals surface area contributed by atoms with Crippen LogP contribution in [0, 0.1) is 0 Å². The Morgan fingerprint density at radius 2 is 1.91 bits per heavy atom. The standard InChI is InChI=1S/C17H23N3O2S/c1-4-11-20-16(22)13-9-7-8-10-14(13)18-17(20)23-12-15(21)19(5-2)6-3/h7-10H,4-6,11-12H2,1-3H3. The third-order valence-electron chi connectivity index (χ3n) is 3.71. The number of carbonyl (C=O) groups excluding carboxylic acids is 1. The normalized spacial score (nSPS) is 10.9. The molecule has 1 amide bonds. The fraction of sp³-hybridized carbons (Fsp3) is 0.471. The van der Waals surface area contributed by atoms with Crippen LogP contribution in [0.2, 0.25) is 0 Å². The average molecular weight is 333 g/mol. The molecule has 0 radical (unpaired) electrons. The van der Waals surface area contributed by atoms with Crippen molar-refractivity contribution in [1.82, 2.24) is 14.5 Å². The first-order valence-corrected chi connectivity index (χ1v) is 9.01. The van der Waals surface area contributed by atoms with Crippen molar-refractivity contribution >= 4 is 28.6 Å². The molecule has 2 rings (SSSR count). The van der Waals surface area contributed by atoms with Gasteiger partial charge >= 0.3 is 0 Å². The van der Waals surface area contributed by atoms with Gasteiger partial charge in [-0.15, -0.1) is 0 Å². The molecular formula is C17H23N3O2S. The number of hydrogen-bond donors (Lipinski definition) is 0. The summed E-state index contributed by atoms with van der Waals surface area (Å²) in [7, 11) is 0. The monoisotopic (exact) mass is 333 g/mol. The van der Waals surface area contributed by atoms with Crippen LogP contribution in [-0.4, -0.2) is 39.2 Å². The van der Waals surface area contributed by atoms with E-state index in [1.807, 2.05) is 39.0 Å². The predicted molar refractivity (Wildman–Crippen MR) is 94.9 cm³/mol. The second-order valence-corrected chi connectivity index (χ2v) is 6.17. The zero-order valence-electron chi connectivity index (χ0n) is 13.9. The minimum atomic E-state index is -0.0322. The highest BCUT2D eigenvalue weighted by Crippen LogP contribution is 2.18. The third-order valence-corrected chi connectivity index (χ3v) is 4.68. The van der Waals surface area contributed by atoms with Crippen LogP contribution >= 0.6 is 11.8 Å². The number of aromatic nitrogens is 2. The number of amides is 1. The van der Waals surface area contributed by atoms with Gasteiger partial charge in [-0.2, -0.15) is 0 Å². The first kappa shape index (κ1) is 17.5. The van der Waals surface area contributed by atoms with Crippen molar-refractivity contribution in [3.63, 3.8) is 0 Å². The van der Waals surface area contributed by atoms with Crippen molar-refractivity contribution < 1.29 is 4.79 Å². The van der Waals surface area contributed by atoms with Gasteiger partial charge in [0.1, 0.15) is 0 Å². The molecule has 1 heterocycles. The Morgan fingerprint density at radius 3 is 2.57 bits per heavy atom. The molecule has 0 unspecified atom stereocenters. The van der Waals surface area contributed by atoms with E-state index in [9.17, 15) is 9.59 Å². The van der Waals surface area contributed by atoms with Crippen LogP contribution in [0.3, 0.4) is 0 Å². The summed E-state index contributed by atoms with van der Waals surface area (Å²) < 4.78 is 1.68. The number of thioether (sulfide) groups is 1. The van der Waals surface area contributed by atoms with Gasteiger partial charge in [0.05, 0.1) is 16.7 Å². The molecule has 0 aliphatic heterocycles. The summed E-state index contributed by atoms with van der Waals surface area (Å²) in [6, 6.07) is 7.35. The van der Waals surface area contributed by atoms with Gasteiger partial charge in [-0.25, -0.2) is 4.98 Å². The van der Waals surface area contributed by atoms with Crippen LogP contribution in [0.15, 0.2) is 34.2 Å². The maximum absolute atomic E-state index is 12.6. The molecule has 2 aromatic rings. The van der Waals surface area contributed by atoms with Crippen LogP contribution in [-0.2, 0) is 11.3 Å². The van der Waals surface area contributed by atoms with Crippen LogP contribution in [0.25, 0.3) is 10.9 Å². The van der Waals surface area contributed by atoms with E-state index in [2.05, 4.69) is 4.98 Å². The number of benzene rings is 1. The molecule has 0 N–H and O–H groups in total. The van der Waals surface area contributed by atoms with Crippen molar-refractivity contribution in [3.8, 4) is 0 Å². The van der Waals surface area contributed by atoms with Gasteiger partial charge in [0, 0.05) is 19.6 Å². The number of hydrogen-bond acceptors (Lipinski definition) is 4. The lowest BCUT2D eigenvalue weighted by atomic mass is 10.2. The van der Waals surface area contributed by atoms with E-state index in [-0.39, 0.29) is 11.5 Å². The molecule has 1 aromatic carbocycles. The Kier molecular flexibility index (Phi) is 6.21. The Hall–Kier alpha value is -1.82. The Morgan fingerprint density at radius 1 is 1.22 bits per heavy atom. The van der Waals surface area contributed by atoms with Crippen molar-refractivity contribution in [1.29, 1.82) is 0 Å². The highest BCUT2D eigenvalue weighted by atomic mass is 32.2. The molecule has 0 bridgehead atoms. The second-order valence-electron chi connectivity index (χ2n) is 5.22. The summed E-state index contributed by atoms with van der Waals surface area (Å²) in [4.78, 5) is 31.2. The van der Waals surface area contributed by atoms with Crippen LogP contribution < -0.4 is 5.56 Å². The molecule has 0 aliphatic rings. The molecule has 23 heavy (non-hydrogen) atoms. The first-order chi connectivity index (χ1) is 11.1. The Labute approximate surface area is 140 Å². The fourth-order valence-electron chi connectivity index (χ4n) is 2.47. The second kappa shape index (κ2) is 8.15. The number of rotatable bonds is 7. The molecule has 6 heteroatoms. The summed E-state index contributed by atoms with van der Waals surface area (Å²) in [6.45, 7) is 7.96. The van der Waals surface area contributed by atoms with E-state index in [4.69, 9.17) is 0 Å². The summed E-state index contributed by atoms with van der Waals surface area (Å²) >= 11 is 1.34. The van der Waals surface area contributed by atoms with Gasteiger partial charge < -0.3 is 4.90 Å². The molecule has 5 nitrogen and oxygen atoms in total. The highest BCUT2D eigenvalue weighted by Gasteiger charge is 2.15. The van der Waals surface area contributed by atoms with E-state index in [1.165, 1.54) is 11.8 Å². The average Bonchev–Trinajstić information content (AvgIpc) is 2.57. The lowest BCUT2D eigenvalue weighted by molar-refractivity contribution is -0.127. The van der Waals surface area contributed by atoms with E-state index >= 15 is 0 Å². The minimum Gasteiger partial charge on any atom is -0.343 e. The summed E-state index contributed by atoms with van der Waals surface area (Å²) in [5.41, 5.74) is 0.651. The Bertz CT molecular complexity index is 738. The molecule has 0 atom stereocenters. The van der Waals surface area contributed by atoms with Crippen LogP contribution in [0.5, 0.6) is 0 Å². The molecule has 124 valence electrons. The van der Waals surface area contributed by atoms with Crippen LogP contribution in [0.1, 0.15) is 27.2 Å². The summed E-state index contributed by atoms with van der Waals surface area (Å²) in [5, 5.41) is 1.25. The fourth-order valence-corrected chi connectivity index (χ4v) is 3.40. The topological polar surface area (TPSA) is 55.2 Å². The van der Waals surface area contributed by atoms with Crippen molar-refractivity contribution in [2.45, 2.75) is 38.9 Å². The lowest BCUT2D eigenvalue weighted by Crippen LogP contribution is -2.32. The predicted octanol–water partition coefficient (Wildman–Crippen LogP) is 2.77. The molecule has 0 spiro atoms. The zero-order valence-corrected chi connectivity index (χ0v) is 14.7. The van der Waals surface area contributed by atoms with E-state index in [0.717, 1.165) is 6.42 Å². The largest absolute Gasteiger partial charge is 0.343 e. The summed E-state index contributed by atoms with van der Waals surface area (Å²) in [5.74, 6) is 0.376. The van der Waals surface area contributed by atoms with Gasteiger partial charge in [0.15, 0.2) is 5.16 Å². The van der Waals surface area contributed by atoms with Gasteiger partial charge in [-0.3, -0.25) is 14.2 Å². The maximum Gasteiger partial charge on any atom is 0.262 e. The highest BCUT2D eigenvalue weighted by molar-refractivity contribution is 7.99. The molecule has 0 fully saturated rings. The van der Waals surface area contributed by atoms with Crippen molar-refractivity contribution in [2.75, 3.05) is 18.8 Å².